The molecule has 2 rings (SSSR count). The molecule has 0 spiro atoms. The van der Waals surface area contributed by atoms with Crippen LogP contribution in [0.25, 0.3) is 10.9 Å². The van der Waals surface area contributed by atoms with E-state index in [0.29, 0.717) is 12.5 Å². The van der Waals surface area contributed by atoms with Gasteiger partial charge in [-0.25, -0.2) is 4.98 Å². The van der Waals surface area contributed by atoms with Crippen LogP contribution in [-0.4, -0.2) is 36.2 Å². The first kappa shape index (κ1) is 19.6. The third kappa shape index (κ3) is 6.25. The van der Waals surface area contributed by atoms with Crippen LogP contribution in [-0.2, 0) is 0 Å². The second-order valence-electron chi connectivity index (χ2n) is 6.09. The van der Waals surface area contributed by atoms with Crippen LogP contribution >= 0.6 is 12.2 Å². The molecule has 0 saturated heterocycles. The number of para-hydroxylation sites is 1. The van der Waals surface area contributed by atoms with Crippen LogP contribution in [0.3, 0.4) is 0 Å². The van der Waals surface area contributed by atoms with E-state index in [-0.39, 0.29) is 0 Å². The number of benzene rings is 1. The summed E-state index contributed by atoms with van der Waals surface area (Å²) in [5.74, 6) is 0.646. The van der Waals surface area contributed by atoms with Crippen molar-refractivity contribution in [1.29, 1.82) is 0 Å². The molecule has 136 valence electrons. The van der Waals surface area contributed by atoms with Gasteiger partial charge in [-0.05, 0) is 25.5 Å². The quantitative estimate of drug-likeness (QED) is 0.468. The Morgan fingerprint density at radius 3 is 2.68 bits per heavy atom. The van der Waals surface area contributed by atoms with E-state index in [1.54, 1.807) is 0 Å². The summed E-state index contributed by atoms with van der Waals surface area (Å²) < 4.78 is 5.80. The van der Waals surface area contributed by atoms with Crippen molar-refractivity contribution in [1.82, 2.24) is 15.6 Å². The number of hydrogen-bond acceptors (Lipinski definition) is 4. The zero-order chi connectivity index (χ0) is 17.9. The second-order valence-corrected chi connectivity index (χ2v) is 6.49. The van der Waals surface area contributed by atoms with Gasteiger partial charge in [0.25, 0.3) is 0 Å². The predicted molar refractivity (Wildman–Crippen MR) is 110 cm³/mol. The van der Waals surface area contributed by atoms with Crippen molar-refractivity contribution in [3.63, 3.8) is 0 Å². The van der Waals surface area contributed by atoms with Crippen molar-refractivity contribution in [3.05, 3.63) is 35.9 Å². The lowest BCUT2D eigenvalue weighted by Gasteiger charge is -2.13. The van der Waals surface area contributed by atoms with Gasteiger partial charge in [-0.15, -0.1) is 0 Å². The lowest BCUT2D eigenvalue weighted by molar-refractivity contribution is 0.299. The van der Waals surface area contributed by atoms with E-state index in [1.807, 2.05) is 24.3 Å². The smallest absolute Gasteiger partial charge is 0.214 e. The molecule has 2 aromatic rings. The first-order chi connectivity index (χ1) is 12.3. The van der Waals surface area contributed by atoms with Gasteiger partial charge in [0.1, 0.15) is 4.99 Å². The Kier molecular flexibility index (Phi) is 8.63. The summed E-state index contributed by atoms with van der Waals surface area (Å²) in [4.78, 5) is 5.34. The number of nitrogens with zero attached hydrogens (tertiary/aromatic N) is 1. The van der Waals surface area contributed by atoms with E-state index in [2.05, 4.69) is 35.5 Å². The molecule has 0 atom stereocenters. The monoisotopic (exact) mass is 359 g/mol. The molecular formula is C20H29N3OS. The molecule has 0 fully saturated rings. The van der Waals surface area contributed by atoms with Crippen LogP contribution in [0, 0.1) is 0 Å². The molecule has 4 nitrogen and oxygen atoms in total. The minimum absolute atomic E-state index is 0.646. The van der Waals surface area contributed by atoms with Crippen LogP contribution in [0.2, 0.25) is 0 Å². The molecule has 25 heavy (non-hydrogen) atoms. The van der Waals surface area contributed by atoms with E-state index < -0.39 is 0 Å². The van der Waals surface area contributed by atoms with Crippen LogP contribution < -0.4 is 15.4 Å². The molecule has 1 aromatic heterocycles. The molecule has 2 N–H and O–H groups in total. The number of thiocarbonyl (C=S) groups is 1. The summed E-state index contributed by atoms with van der Waals surface area (Å²) in [6.07, 6.45) is 4.54. The lowest BCUT2D eigenvalue weighted by Crippen LogP contribution is -2.31. The Balaban J connectivity index is 2.05. The van der Waals surface area contributed by atoms with Gasteiger partial charge in [-0.3, -0.25) is 0 Å². The third-order valence-electron chi connectivity index (χ3n) is 3.98. The second kappa shape index (κ2) is 11.0. The molecule has 0 unspecified atom stereocenters. The van der Waals surface area contributed by atoms with Crippen LogP contribution in [0.5, 0.6) is 5.88 Å². The minimum atomic E-state index is 0.646. The first-order valence-corrected chi connectivity index (χ1v) is 9.68. The van der Waals surface area contributed by atoms with Gasteiger partial charge in [0, 0.05) is 30.1 Å². The highest BCUT2D eigenvalue weighted by atomic mass is 32.1. The molecule has 0 aliphatic heterocycles. The maximum Gasteiger partial charge on any atom is 0.214 e. The zero-order valence-electron chi connectivity index (χ0n) is 15.3. The van der Waals surface area contributed by atoms with Crippen molar-refractivity contribution in [2.45, 2.75) is 39.5 Å². The number of unbranched alkanes of at least 4 members (excludes halogenated alkanes) is 2. The topological polar surface area (TPSA) is 46.2 Å². The number of pyridine rings is 1. The molecule has 0 saturated carbocycles. The van der Waals surface area contributed by atoms with Crippen LogP contribution in [0.4, 0.5) is 0 Å². The highest BCUT2D eigenvalue weighted by Crippen LogP contribution is 2.22. The Morgan fingerprint density at radius 1 is 1.08 bits per heavy atom. The van der Waals surface area contributed by atoms with E-state index in [4.69, 9.17) is 17.0 Å². The molecule has 0 amide bonds. The highest BCUT2D eigenvalue weighted by Gasteiger charge is 2.10. The largest absolute Gasteiger partial charge is 0.478 e. The van der Waals surface area contributed by atoms with Gasteiger partial charge >= 0.3 is 0 Å². The van der Waals surface area contributed by atoms with Gasteiger partial charge in [0.05, 0.1) is 12.1 Å². The van der Waals surface area contributed by atoms with Crippen LogP contribution in [0.1, 0.15) is 45.1 Å². The van der Waals surface area contributed by atoms with Gasteiger partial charge in [0.2, 0.25) is 5.88 Å². The fourth-order valence-corrected chi connectivity index (χ4v) is 2.79. The van der Waals surface area contributed by atoms with Gasteiger partial charge < -0.3 is 15.4 Å². The summed E-state index contributed by atoms with van der Waals surface area (Å²) in [6, 6.07) is 10.0. The predicted octanol–water partition coefficient (Wildman–Crippen LogP) is 4.07. The number of nitrogens with one attached hydrogen (secondary N) is 2. The summed E-state index contributed by atoms with van der Waals surface area (Å²) in [5.41, 5.74) is 1.90. The van der Waals surface area contributed by atoms with Crippen LogP contribution in [0.15, 0.2) is 30.3 Å². The molecule has 5 heteroatoms. The van der Waals surface area contributed by atoms with E-state index >= 15 is 0 Å². The van der Waals surface area contributed by atoms with Gasteiger partial charge in [0.15, 0.2) is 0 Å². The molecule has 0 aliphatic carbocycles. The maximum atomic E-state index is 5.80. The number of fused-ring (bicyclic) bond motifs is 1. The lowest BCUT2D eigenvalue weighted by atomic mass is 10.1. The Morgan fingerprint density at radius 2 is 1.88 bits per heavy atom. The molecule has 0 radical (unpaired) electrons. The summed E-state index contributed by atoms with van der Waals surface area (Å²) >= 11 is 5.62. The number of ether oxygens (including phenoxy) is 1. The average Bonchev–Trinajstić information content (AvgIpc) is 2.64. The molecule has 0 bridgehead atoms. The zero-order valence-corrected chi connectivity index (χ0v) is 16.1. The molecule has 0 aliphatic rings. The summed E-state index contributed by atoms with van der Waals surface area (Å²) in [6.45, 7) is 7.80. The maximum absolute atomic E-state index is 5.80. The Hall–Kier alpha value is -1.72. The van der Waals surface area contributed by atoms with Crippen molar-refractivity contribution >= 4 is 28.1 Å². The van der Waals surface area contributed by atoms with Gasteiger partial charge in [-0.1, -0.05) is 57.1 Å². The number of rotatable bonds is 11. The van der Waals surface area contributed by atoms with E-state index in [1.165, 1.54) is 12.8 Å². The SMILES string of the molecule is CCCCNCCNC(=S)c1cc(OCCCC)nc2ccccc12. The summed E-state index contributed by atoms with van der Waals surface area (Å²) in [7, 11) is 0. The third-order valence-corrected chi connectivity index (χ3v) is 4.34. The first-order valence-electron chi connectivity index (χ1n) is 9.27. The standard InChI is InChI=1S/C20H29N3OS/c1-3-5-11-21-12-13-22-20(25)17-15-19(24-14-6-4-2)23-18-10-8-7-9-16(17)18/h7-10,15,21H,3-6,11-14H2,1-2H3,(H,22,25). The normalized spacial score (nSPS) is 10.8. The van der Waals surface area contributed by atoms with Crippen molar-refractivity contribution in [2.75, 3.05) is 26.2 Å². The van der Waals surface area contributed by atoms with Gasteiger partial charge in [-0.2, -0.15) is 0 Å². The molecular weight excluding hydrogens is 330 g/mol. The van der Waals surface area contributed by atoms with E-state index in [0.717, 1.165) is 53.9 Å². The average molecular weight is 360 g/mol. The molecule has 1 aromatic carbocycles. The highest BCUT2D eigenvalue weighted by molar-refractivity contribution is 7.80. The van der Waals surface area contributed by atoms with E-state index in [9.17, 15) is 0 Å². The van der Waals surface area contributed by atoms with Crippen molar-refractivity contribution < 1.29 is 4.74 Å². The minimum Gasteiger partial charge on any atom is -0.478 e. The van der Waals surface area contributed by atoms with Crippen molar-refractivity contribution in [3.8, 4) is 5.88 Å². The fraction of sp³-hybridized carbons (Fsp3) is 0.500. The number of hydrogen-bond donors (Lipinski definition) is 2. The number of aromatic nitrogens is 1. The summed E-state index contributed by atoms with van der Waals surface area (Å²) in [5, 5.41) is 7.82. The fourth-order valence-electron chi connectivity index (χ4n) is 2.52. The molecule has 1 heterocycles. The Bertz CT molecular complexity index is 675. The van der Waals surface area contributed by atoms with Crippen molar-refractivity contribution in [2.24, 2.45) is 0 Å². The Labute approximate surface area is 156 Å².